The second-order valence-corrected chi connectivity index (χ2v) is 7.19. The number of carboxylic acid groups (broad SMARTS) is 1. The van der Waals surface area contributed by atoms with Crippen LogP contribution in [0.3, 0.4) is 0 Å². The minimum atomic E-state index is -1.06. The van der Waals surface area contributed by atoms with Crippen molar-refractivity contribution in [1.29, 1.82) is 0 Å². The van der Waals surface area contributed by atoms with Gasteiger partial charge in [-0.1, -0.05) is 12.8 Å². The molecule has 1 aromatic carbocycles. The Kier molecular flexibility index (Phi) is 4.98. The van der Waals surface area contributed by atoms with Crippen LogP contribution in [0, 0.1) is 12.7 Å². The molecule has 3 N–H and O–H groups in total. The maximum atomic E-state index is 14.5. The highest BCUT2D eigenvalue weighted by Gasteiger charge is 2.39. The largest absolute Gasteiger partial charge is 0.481 e. The molecule has 2 amide bonds. The second-order valence-electron chi connectivity index (χ2n) is 7.19. The minimum Gasteiger partial charge on any atom is -0.481 e. The lowest BCUT2D eigenvalue weighted by Gasteiger charge is -2.25. The van der Waals surface area contributed by atoms with Gasteiger partial charge in [-0.2, -0.15) is 0 Å². The van der Waals surface area contributed by atoms with Crippen molar-refractivity contribution < 1.29 is 23.9 Å². The van der Waals surface area contributed by atoms with Crippen LogP contribution in [-0.2, 0) is 16.1 Å². The van der Waals surface area contributed by atoms with Crippen molar-refractivity contribution in [2.75, 3.05) is 0 Å². The summed E-state index contributed by atoms with van der Waals surface area (Å²) in [5, 5.41) is 8.88. The lowest BCUT2D eigenvalue weighted by Crippen LogP contribution is -2.45. The molecule has 6 nitrogen and oxygen atoms in total. The first-order valence-corrected chi connectivity index (χ1v) is 8.95. The van der Waals surface area contributed by atoms with Crippen LogP contribution >= 0.6 is 0 Å². The number of fused-ring (bicyclic) bond motifs is 1. The quantitative estimate of drug-likeness (QED) is 0.812. The number of primary amides is 1. The van der Waals surface area contributed by atoms with Crippen molar-refractivity contribution in [2.45, 2.75) is 64.0 Å². The minimum absolute atomic E-state index is 0.0510. The molecule has 26 heavy (non-hydrogen) atoms. The Labute approximate surface area is 151 Å². The Morgan fingerprint density at radius 2 is 2.04 bits per heavy atom. The van der Waals surface area contributed by atoms with E-state index in [1.165, 1.54) is 11.0 Å². The molecule has 1 unspecified atom stereocenters. The molecule has 1 aliphatic carbocycles. The Bertz CT molecular complexity index is 771. The van der Waals surface area contributed by atoms with E-state index in [1.807, 2.05) is 0 Å². The molecule has 0 bridgehead atoms. The van der Waals surface area contributed by atoms with Gasteiger partial charge in [-0.25, -0.2) is 4.39 Å². The number of rotatable bonds is 6. The number of aliphatic carboxylic acids is 1. The molecule has 1 fully saturated rings. The molecule has 7 heteroatoms. The monoisotopic (exact) mass is 362 g/mol. The average molecular weight is 362 g/mol. The number of nitrogens with two attached hydrogens (primary N) is 1. The van der Waals surface area contributed by atoms with E-state index in [9.17, 15) is 18.8 Å². The normalized spacial score (nSPS) is 18.2. The van der Waals surface area contributed by atoms with Gasteiger partial charge in [0.2, 0.25) is 5.91 Å². The maximum absolute atomic E-state index is 14.5. The van der Waals surface area contributed by atoms with Crippen molar-refractivity contribution in [3.8, 4) is 0 Å². The predicted molar refractivity (Wildman–Crippen MR) is 92.1 cm³/mol. The molecule has 3 rings (SSSR count). The lowest BCUT2D eigenvalue weighted by molar-refractivity contribution is -0.137. The number of halogens is 1. The van der Waals surface area contributed by atoms with Gasteiger partial charge in [0.1, 0.15) is 11.9 Å². The molecule has 1 aliphatic heterocycles. The Morgan fingerprint density at radius 3 is 2.62 bits per heavy atom. The summed E-state index contributed by atoms with van der Waals surface area (Å²) in [4.78, 5) is 36.8. The molecule has 0 saturated heterocycles. The van der Waals surface area contributed by atoms with E-state index in [0.717, 1.165) is 36.8 Å². The number of hydrogen-bond acceptors (Lipinski definition) is 3. The van der Waals surface area contributed by atoms with E-state index < -0.39 is 29.6 Å². The molecular formula is C19H23FN2O4. The predicted octanol–water partition coefficient (Wildman–Crippen LogP) is 2.47. The number of amides is 2. The second kappa shape index (κ2) is 7.05. The zero-order valence-electron chi connectivity index (χ0n) is 14.8. The molecule has 1 atom stereocenters. The molecule has 0 radical (unpaired) electrons. The van der Waals surface area contributed by atoms with Crippen molar-refractivity contribution in [1.82, 2.24) is 4.90 Å². The first kappa shape index (κ1) is 18.4. The Balaban J connectivity index is 1.98. The maximum Gasteiger partial charge on any atom is 0.303 e. The number of carbonyl (C=O) groups excluding carboxylic acids is 2. The van der Waals surface area contributed by atoms with Gasteiger partial charge in [-0.05, 0) is 54.9 Å². The summed E-state index contributed by atoms with van der Waals surface area (Å²) in [7, 11) is 0. The van der Waals surface area contributed by atoms with Crippen LogP contribution in [0.15, 0.2) is 6.07 Å². The summed E-state index contributed by atoms with van der Waals surface area (Å²) in [6, 6.07) is 0.228. The zero-order valence-corrected chi connectivity index (χ0v) is 14.8. The molecule has 1 saturated carbocycles. The van der Waals surface area contributed by atoms with Crippen molar-refractivity contribution in [2.24, 2.45) is 5.73 Å². The SMILES string of the molecule is Cc1c(F)cc2c(c1C1CCCC1)CN(C(CCC(=O)O)C(N)=O)C2=O. The van der Waals surface area contributed by atoms with Crippen LogP contribution in [0.2, 0.25) is 0 Å². The van der Waals surface area contributed by atoms with Crippen LogP contribution in [-0.4, -0.2) is 33.8 Å². The average Bonchev–Trinajstić information content (AvgIpc) is 3.19. The number of hydrogen-bond donors (Lipinski definition) is 2. The fourth-order valence-corrected chi connectivity index (χ4v) is 4.31. The standard InChI is InChI=1S/C19H23FN2O4/c1-10-14(20)8-12-13(17(10)11-4-2-3-5-11)9-22(19(12)26)15(18(21)25)6-7-16(23)24/h8,11,15H,2-7,9H2,1H3,(H2,21,25)(H,23,24). The molecule has 1 heterocycles. The van der Waals surface area contributed by atoms with E-state index in [0.29, 0.717) is 5.56 Å². The van der Waals surface area contributed by atoms with Crippen LogP contribution < -0.4 is 5.73 Å². The summed E-state index contributed by atoms with van der Waals surface area (Å²) in [6.45, 7) is 1.90. The molecule has 1 aromatic rings. The molecule has 0 spiro atoms. The highest BCUT2D eigenvalue weighted by molar-refractivity contribution is 6.01. The van der Waals surface area contributed by atoms with Gasteiger partial charge in [0.25, 0.3) is 5.91 Å². The van der Waals surface area contributed by atoms with E-state index in [4.69, 9.17) is 10.8 Å². The summed E-state index contributed by atoms with van der Waals surface area (Å²) in [5.74, 6) is -2.45. The molecule has 2 aliphatic rings. The van der Waals surface area contributed by atoms with Gasteiger partial charge in [0, 0.05) is 18.5 Å². The smallest absolute Gasteiger partial charge is 0.303 e. The van der Waals surface area contributed by atoms with Crippen LogP contribution in [0.1, 0.15) is 71.5 Å². The third-order valence-electron chi connectivity index (χ3n) is 5.60. The summed E-state index contributed by atoms with van der Waals surface area (Å²) < 4.78 is 14.5. The number of nitrogens with zero attached hydrogens (tertiary/aromatic N) is 1. The van der Waals surface area contributed by atoms with Crippen LogP contribution in [0.5, 0.6) is 0 Å². The molecule has 140 valence electrons. The fourth-order valence-electron chi connectivity index (χ4n) is 4.31. The number of benzene rings is 1. The molecular weight excluding hydrogens is 339 g/mol. The van der Waals surface area contributed by atoms with Gasteiger partial charge in [0.05, 0.1) is 0 Å². The van der Waals surface area contributed by atoms with E-state index in [2.05, 4.69) is 0 Å². The fraction of sp³-hybridized carbons (Fsp3) is 0.526. The topological polar surface area (TPSA) is 101 Å². The van der Waals surface area contributed by atoms with E-state index >= 15 is 0 Å². The first-order valence-electron chi connectivity index (χ1n) is 8.95. The lowest BCUT2D eigenvalue weighted by atomic mass is 9.87. The van der Waals surface area contributed by atoms with Crippen LogP contribution in [0.25, 0.3) is 0 Å². The molecule has 0 aromatic heterocycles. The van der Waals surface area contributed by atoms with Crippen molar-refractivity contribution in [3.05, 3.63) is 34.1 Å². The first-order chi connectivity index (χ1) is 12.3. The van der Waals surface area contributed by atoms with E-state index in [-0.39, 0.29) is 30.9 Å². The van der Waals surface area contributed by atoms with Gasteiger partial charge in [-0.3, -0.25) is 14.4 Å². The number of carboxylic acids is 1. The number of carbonyl (C=O) groups is 3. The van der Waals surface area contributed by atoms with Crippen molar-refractivity contribution in [3.63, 3.8) is 0 Å². The Morgan fingerprint density at radius 1 is 1.38 bits per heavy atom. The van der Waals surface area contributed by atoms with E-state index in [1.54, 1.807) is 6.92 Å². The van der Waals surface area contributed by atoms with Crippen LogP contribution in [0.4, 0.5) is 4.39 Å². The highest BCUT2D eigenvalue weighted by Crippen LogP contribution is 2.42. The highest BCUT2D eigenvalue weighted by atomic mass is 19.1. The van der Waals surface area contributed by atoms with Crippen molar-refractivity contribution >= 4 is 17.8 Å². The summed E-state index contributed by atoms with van der Waals surface area (Å²) >= 11 is 0. The van der Waals surface area contributed by atoms with Gasteiger partial charge < -0.3 is 15.7 Å². The van der Waals surface area contributed by atoms with Gasteiger partial charge in [0.15, 0.2) is 0 Å². The zero-order chi connectivity index (χ0) is 19.0. The third-order valence-corrected chi connectivity index (χ3v) is 5.60. The summed E-state index contributed by atoms with van der Waals surface area (Å²) in [5.41, 5.74) is 7.91. The Hall–Kier alpha value is -2.44. The third kappa shape index (κ3) is 3.18. The van der Waals surface area contributed by atoms with Gasteiger partial charge in [-0.15, -0.1) is 0 Å². The van der Waals surface area contributed by atoms with Gasteiger partial charge >= 0.3 is 5.97 Å². The summed E-state index contributed by atoms with van der Waals surface area (Å²) in [6.07, 6.45) is 3.76.